The van der Waals surface area contributed by atoms with E-state index in [2.05, 4.69) is 66.0 Å². The van der Waals surface area contributed by atoms with Gasteiger partial charge >= 0.3 is 0 Å². The second kappa shape index (κ2) is 15.8. The summed E-state index contributed by atoms with van der Waals surface area (Å²) in [5, 5.41) is 3.30. The second-order valence-corrected chi connectivity index (χ2v) is 13.2. The summed E-state index contributed by atoms with van der Waals surface area (Å²) in [6, 6.07) is 42.7. The Morgan fingerprint density at radius 3 is 1.76 bits per heavy atom. The average molecular weight is 656 g/mol. The standard InChI is InChI=1S/C43H45NO5/c1-31(2)49-41-24-36(20-21-40(41)46-3)37-27-43(42(45)44-28-37,25-34-16-10-18-38(22-34)47-29-32-12-6-4-7-13-32)26-35-17-11-19-39(23-35)48-30-33-14-8-5-9-15-33/h4-24,31,37H,25-30H2,1-3H3,(H,44,45). The fourth-order valence-electron chi connectivity index (χ4n) is 6.69. The Labute approximate surface area is 290 Å². The normalized spacial score (nSPS) is 15.3. The number of carbonyl (C=O) groups excluding carboxylic acids is 1. The summed E-state index contributed by atoms with van der Waals surface area (Å²) in [6.45, 7) is 5.52. The Balaban J connectivity index is 1.30. The molecule has 1 atom stereocenters. The van der Waals surface area contributed by atoms with Crippen molar-refractivity contribution in [1.29, 1.82) is 0 Å². The first-order valence-electron chi connectivity index (χ1n) is 17.0. The number of ether oxygens (including phenoxy) is 4. The SMILES string of the molecule is COc1ccc(C2CNC(=O)C(Cc3cccc(OCc4ccccc4)c3)(Cc3cccc(OCc4ccccc4)c3)C2)cc1OC(C)C. The number of piperidine rings is 1. The lowest BCUT2D eigenvalue weighted by atomic mass is 9.67. The third-order valence-corrected chi connectivity index (χ3v) is 9.03. The number of benzene rings is 5. The van der Waals surface area contributed by atoms with Gasteiger partial charge in [-0.05, 0) is 97.3 Å². The highest BCUT2D eigenvalue weighted by molar-refractivity contribution is 5.84. The molecule has 0 saturated carbocycles. The van der Waals surface area contributed by atoms with Crippen molar-refractivity contribution < 1.29 is 23.7 Å². The highest BCUT2D eigenvalue weighted by Crippen LogP contribution is 2.43. The van der Waals surface area contributed by atoms with Crippen LogP contribution >= 0.6 is 0 Å². The van der Waals surface area contributed by atoms with Crippen molar-refractivity contribution in [1.82, 2.24) is 5.32 Å². The monoisotopic (exact) mass is 655 g/mol. The minimum atomic E-state index is -0.724. The van der Waals surface area contributed by atoms with E-state index in [1.165, 1.54) is 0 Å². The van der Waals surface area contributed by atoms with Crippen LogP contribution in [-0.2, 0) is 30.8 Å². The smallest absolute Gasteiger partial charge is 0.226 e. The molecule has 1 unspecified atom stereocenters. The molecule has 1 heterocycles. The van der Waals surface area contributed by atoms with E-state index < -0.39 is 5.41 Å². The van der Waals surface area contributed by atoms with E-state index in [9.17, 15) is 4.79 Å². The van der Waals surface area contributed by atoms with E-state index in [0.29, 0.717) is 50.5 Å². The molecular weight excluding hydrogens is 610 g/mol. The van der Waals surface area contributed by atoms with Crippen molar-refractivity contribution in [2.45, 2.75) is 58.3 Å². The van der Waals surface area contributed by atoms with Crippen molar-refractivity contribution >= 4 is 5.91 Å². The molecule has 1 fully saturated rings. The van der Waals surface area contributed by atoms with Crippen LogP contribution in [0.3, 0.4) is 0 Å². The minimum Gasteiger partial charge on any atom is -0.493 e. The summed E-state index contributed by atoms with van der Waals surface area (Å²) < 4.78 is 24.1. The Bertz CT molecular complexity index is 1730. The van der Waals surface area contributed by atoms with Gasteiger partial charge in [0.05, 0.1) is 18.6 Å². The highest BCUT2D eigenvalue weighted by atomic mass is 16.5. The molecule has 0 aromatic heterocycles. The topological polar surface area (TPSA) is 66.0 Å². The number of hydrogen-bond donors (Lipinski definition) is 1. The molecule has 0 spiro atoms. The van der Waals surface area contributed by atoms with Crippen molar-refractivity contribution in [2.24, 2.45) is 5.41 Å². The number of nitrogens with one attached hydrogen (secondary N) is 1. The van der Waals surface area contributed by atoms with Crippen LogP contribution in [0.2, 0.25) is 0 Å². The molecule has 1 aliphatic rings. The Morgan fingerprint density at radius 2 is 1.22 bits per heavy atom. The first kappa shape index (κ1) is 33.7. The van der Waals surface area contributed by atoms with Crippen LogP contribution in [0, 0.1) is 5.41 Å². The van der Waals surface area contributed by atoms with E-state index in [0.717, 1.165) is 39.3 Å². The maximum Gasteiger partial charge on any atom is 0.226 e. The van der Waals surface area contributed by atoms with E-state index in [1.807, 2.05) is 80.6 Å². The van der Waals surface area contributed by atoms with Gasteiger partial charge in [0.15, 0.2) is 11.5 Å². The minimum absolute atomic E-state index is 0.00192. The van der Waals surface area contributed by atoms with Crippen molar-refractivity contribution in [3.8, 4) is 23.0 Å². The molecule has 1 saturated heterocycles. The van der Waals surface area contributed by atoms with Gasteiger partial charge in [0.1, 0.15) is 24.7 Å². The zero-order valence-electron chi connectivity index (χ0n) is 28.6. The van der Waals surface area contributed by atoms with Crippen LogP contribution in [0.15, 0.2) is 127 Å². The fourth-order valence-corrected chi connectivity index (χ4v) is 6.69. The van der Waals surface area contributed by atoms with Gasteiger partial charge < -0.3 is 24.3 Å². The van der Waals surface area contributed by atoms with Crippen LogP contribution in [0.4, 0.5) is 0 Å². The maximum atomic E-state index is 14.2. The van der Waals surface area contributed by atoms with E-state index in [-0.39, 0.29) is 17.9 Å². The first-order valence-corrected chi connectivity index (χ1v) is 17.0. The Kier molecular flexibility index (Phi) is 10.8. The third-order valence-electron chi connectivity index (χ3n) is 9.03. The molecule has 6 rings (SSSR count). The van der Waals surface area contributed by atoms with E-state index in [1.54, 1.807) is 7.11 Å². The van der Waals surface area contributed by atoms with E-state index >= 15 is 0 Å². The first-order chi connectivity index (χ1) is 23.9. The number of rotatable bonds is 14. The highest BCUT2D eigenvalue weighted by Gasteiger charge is 2.44. The largest absolute Gasteiger partial charge is 0.493 e. The summed E-state index contributed by atoms with van der Waals surface area (Å²) in [5.41, 5.74) is 4.70. The second-order valence-electron chi connectivity index (χ2n) is 13.2. The van der Waals surface area contributed by atoms with Crippen molar-refractivity contribution in [3.05, 3.63) is 155 Å². The lowest BCUT2D eigenvalue weighted by Crippen LogP contribution is -2.51. The van der Waals surface area contributed by atoms with Gasteiger partial charge in [-0.3, -0.25) is 4.79 Å². The summed E-state index contributed by atoms with van der Waals surface area (Å²) in [7, 11) is 1.66. The van der Waals surface area contributed by atoms with Gasteiger partial charge in [0.2, 0.25) is 5.91 Å². The lowest BCUT2D eigenvalue weighted by molar-refractivity contribution is -0.134. The molecule has 1 amide bonds. The van der Waals surface area contributed by atoms with Gasteiger partial charge in [-0.25, -0.2) is 0 Å². The van der Waals surface area contributed by atoms with Gasteiger partial charge in [-0.1, -0.05) is 91.0 Å². The van der Waals surface area contributed by atoms with E-state index in [4.69, 9.17) is 18.9 Å². The number of carbonyl (C=O) groups is 1. The summed E-state index contributed by atoms with van der Waals surface area (Å²) in [5.74, 6) is 3.11. The molecule has 1 aliphatic heterocycles. The predicted molar refractivity (Wildman–Crippen MR) is 193 cm³/mol. The van der Waals surface area contributed by atoms with Crippen LogP contribution in [0.5, 0.6) is 23.0 Å². The molecule has 0 radical (unpaired) electrons. The average Bonchev–Trinajstić information content (AvgIpc) is 3.12. The van der Waals surface area contributed by atoms with Crippen molar-refractivity contribution in [3.63, 3.8) is 0 Å². The summed E-state index contributed by atoms with van der Waals surface area (Å²) in [4.78, 5) is 14.2. The van der Waals surface area contributed by atoms with Gasteiger partial charge in [-0.2, -0.15) is 0 Å². The quantitative estimate of drug-likeness (QED) is 0.130. The summed E-state index contributed by atoms with van der Waals surface area (Å²) in [6.07, 6.45) is 1.77. The lowest BCUT2D eigenvalue weighted by Gasteiger charge is -2.41. The molecule has 49 heavy (non-hydrogen) atoms. The molecular formula is C43H45NO5. The third kappa shape index (κ3) is 8.82. The predicted octanol–water partition coefficient (Wildman–Crippen LogP) is 8.72. The molecule has 0 bridgehead atoms. The maximum absolute atomic E-state index is 14.2. The fraction of sp³-hybridized carbons (Fsp3) is 0.279. The van der Waals surface area contributed by atoms with Gasteiger partial charge in [0.25, 0.3) is 0 Å². The zero-order chi connectivity index (χ0) is 34.1. The molecule has 6 heteroatoms. The van der Waals surface area contributed by atoms with Crippen LogP contribution in [0.25, 0.3) is 0 Å². The molecule has 5 aromatic carbocycles. The number of amides is 1. The van der Waals surface area contributed by atoms with Gasteiger partial charge in [0, 0.05) is 12.5 Å². The molecule has 252 valence electrons. The van der Waals surface area contributed by atoms with Crippen LogP contribution in [-0.4, -0.2) is 25.7 Å². The zero-order valence-corrected chi connectivity index (χ0v) is 28.6. The molecule has 5 aromatic rings. The number of methoxy groups -OCH3 is 1. The Hall–Kier alpha value is -5.23. The Morgan fingerprint density at radius 1 is 0.673 bits per heavy atom. The summed E-state index contributed by atoms with van der Waals surface area (Å²) >= 11 is 0. The molecule has 6 nitrogen and oxygen atoms in total. The van der Waals surface area contributed by atoms with Crippen molar-refractivity contribution in [2.75, 3.05) is 13.7 Å². The molecule has 0 aliphatic carbocycles. The number of hydrogen-bond acceptors (Lipinski definition) is 5. The van der Waals surface area contributed by atoms with Crippen LogP contribution in [0.1, 0.15) is 54.0 Å². The van der Waals surface area contributed by atoms with Crippen LogP contribution < -0.4 is 24.3 Å². The molecule has 1 N–H and O–H groups in total. The van der Waals surface area contributed by atoms with Gasteiger partial charge in [-0.15, -0.1) is 0 Å².